The van der Waals surface area contributed by atoms with Crippen LogP contribution in [0.4, 0.5) is 20.2 Å². The van der Waals surface area contributed by atoms with E-state index in [0.717, 1.165) is 23.5 Å². The maximum atomic E-state index is 13.5. The number of nitrogen functional groups attached to an aromatic ring is 1. The molecule has 0 spiro atoms. The first kappa shape index (κ1) is 13.0. The van der Waals surface area contributed by atoms with Crippen molar-refractivity contribution in [2.24, 2.45) is 0 Å². The van der Waals surface area contributed by atoms with Crippen LogP contribution in [0.3, 0.4) is 0 Å². The van der Waals surface area contributed by atoms with E-state index in [9.17, 15) is 13.6 Å². The average Bonchev–Trinajstić information content (AvgIpc) is 2.72. The van der Waals surface area contributed by atoms with E-state index in [2.05, 4.69) is 21.2 Å². The molecule has 0 saturated heterocycles. The summed E-state index contributed by atoms with van der Waals surface area (Å²) in [5.74, 6) is -1.96. The van der Waals surface area contributed by atoms with Crippen molar-refractivity contribution in [1.82, 2.24) is 0 Å². The van der Waals surface area contributed by atoms with Gasteiger partial charge in [-0.05, 0) is 33.4 Å². The van der Waals surface area contributed by atoms with Crippen molar-refractivity contribution in [3.05, 3.63) is 44.6 Å². The lowest BCUT2D eigenvalue weighted by Gasteiger charge is -2.06. The largest absolute Gasteiger partial charge is 0.397 e. The zero-order valence-electron chi connectivity index (χ0n) is 8.84. The molecule has 0 aliphatic carbocycles. The molecule has 94 valence electrons. The number of anilines is 2. The maximum absolute atomic E-state index is 13.5. The summed E-state index contributed by atoms with van der Waals surface area (Å²) in [5, 5.41) is 3.92. The number of hydrogen-bond donors (Lipinski definition) is 2. The second-order valence-electron chi connectivity index (χ2n) is 3.41. The van der Waals surface area contributed by atoms with Gasteiger partial charge in [0.15, 0.2) is 0 Å². The van der Waals surface area contributed by atoms with E-state index in [1.807, 2.05) is 0 Å². The average molecular weight is 333 g/mol. The Morgan fingerprint density at radius 3 is 2.67 bits per heavy atom. The van der Waals surface area contributed by atoms with Crippen molar-refractivity contribution in [1.29, 1.82) is 0 Å². The fourth-order valence-corrected chi connectivity index (χ4v) is 2.33. The molecule has 18 heavy (non-hydrogen) atoms. The van der Waals surface area contributed by atoms with Gasteiger partial charge in [-0.15, -0.1) is 11.3 Å². The van der Waals surface area contributed by atoms with Gasteiger partial charge in [0, 0.05) is 6.07 Å². The highest BCUT2D eigenvalue weighted by atomic mass is 79.9. The summed E-state index contributed by atoms with van der Waals surface area (Å²) in [6.45, 7) is 0. The number of benzene rings is 1. The van der Waals surface area contributed by atoms with Crippen molar-refractivity contribution in [3.63, 3.8) is 0 Å². The second-order valence-corrected chi connectivity index (χ2v) is 5.18. The van der Waals surface area contributed by atoms with Crippen molar-refractivity contribution >= 4 is 44.5 Å². The van der Waals surface area contributed by atoms with Crippen LogP contribution >= 0.6 is 27.3 Å². The fraction of sp³-hybridized carbons (Fsp3) is 0. The summed E-state index contributed by atoms with van der Waals surface area (Å²) in [7, 11) is 0. The summed E-state index contributed by atoms with van der Waals surface area (Å²) >= 11 is 3.98. The van der Waals surface area contributed by atoms with E-state index in [0.29, 0.717) is 5.69 Å². The lowest BCUT2D eigenvalue weighted by Crippen LogP contribution is -2.13. The molecule has 0 unspecified atom stereocenters. The van der Waals surface area contributed by atoms with Crippen LogP contribution in [0.15, 0.2) is 28.1 Å². The minimum atomic E-state index is -0.730. The van der Waals surface area contributed by atoms with Crippen LogP contribution in [0.25, 0.3) is 0 Å². The van der Waals surface area contributed by atoms with Crippen LogP contribution < -0.4 is 11.1 Å². The van der Waals surface area contributed by atoms with Crippen LogP contribution in [0.1, 0.15) is 9.67 Å². The monoisotopic (exact) mass is 332 g/mol. The Kier molecular flexibility index (Phi) is 3.63. The second kappa shape index (κ2) is 5.03. The molecule has 0 bridgehead atoms. The number of hydrogen-bond acceptors (Lipinski definition) is 3. The predicted octanol–water partition coefficient (Wildman–Crippen LogP) is 3.62. The minimum Gasteiger partial charge on any atom is -0.397 e. The van der Waals surface area contributed by atoms with Crippen molar-refractivity contribution < 1.29 is 13.6 Å². The topological polar surface area (TPSA) is 55.1 Å². The number of nitrogens with one attached hydrogen (secondary N) is 1. The number of rotatable bonds is 2. The van der Waals surface area contributed by atoms with E-state index in [4.69, 9.17) is 5.73 Å². The molecule has 0 fully saturated rings. The molecule has 2 aromatic rings. The van der Waals surface area contributed by atoms with Gasteiger partial charge >= 0.3 is 0 Å². The molecule has 1 amide bonds. The quantitative estimate of drug-likeness (QED) is 0.825. The van der Waals surface area contributed by atoms with Crippen LogP contribution in [0.5, 0.6) is 0 Å². The van der Waals surface area contributed by atoms with E-state index in [1.165, 1.54) is 0 Å². The van der Waals surface area contributed by atoms with Gasteiger partial charge in [-0.1, -0.05) is 0 Å². The molecule has 0 saturated carbocycles. The van der Waals surface area contributed by atoms with Crippen molar-refractivity contribution in [2.75, 3.05) is 11.1 Å². The molecule has 7 heteroatoms. The van der Waals surface area contributed by atoms with Crippen molar-refractivity contribution in [2.45, 2.75) is 0 Å². The number of thiophene rings is 1. The number of nitrogens with two attached hydrogens (primary N) is 1. The Morgan fingerprint density at radius 2 is 2.06 bits per heavy atom. The lowest BCUT2D eigenvalue weighted by molar-refractivity contribution is 0.103. The number of carbonyl (C=O) groups is 1. The first-order chi connectivity index (χ1) is 8.49. The fourth-order valence-electron chi connectivity index (χ4n) is 1.30. The Bertz CT molecular complexity index is 615. The van der Waals surface area contributed by atoms with Gasteiger partial charge in [-0.3, -0.25) is 4.79 Å². The van der Waals surface area contributed by atoms with Gasteiger partial charge in [0.1, 0.15) is 16.5 Å². The number of amides is 1. The first-order valence-corrected chi connectivity index (χ1v) is 6.45. The number of carbonyl (C=O) groups excluding carboxylic acids is 1. The van der Waals surface area contributed by atoms with E-state index in [1.54, 1.807) is 11.4 Å². The molecule has 1 heterocycles. The highest BCUT2D eigenvalue weighted by Gasteiger charge is 2.15. The smallest absolute Gasteiger partial charge is 0.267 e. The Morgan fingerprint density at radius 1 is 1.33 bits per heavy atom. The SMILES string of the molecule is Nc1ccsc1C(=O)Nc1cc(F)c(Br)cc1F. The third-order valence-electron chi connectivity index (χ3n) is 2.16. The Labute approximate surface area is 114 Å². The molecule has 0 aliphatic heterocycles. The molecule has 0 aliphatic rings. The zero-order chi connectivity index (χ0) is 13.3. The van der Waals surface area contributed by atoms with E-state index >= 15 is 0 Å². The first-order valence-electron chi connectivity index (χ1n) is 4.78. The van der Waals surface area contributed by atoms with Gasteiger partial charge in [-0.2, -0.15) is 0 Å². The summed E-state index contributed by atoms with van der Waals surface area (Å²) in [6, 6.07) is 3.42. The standard InChI is InChI=1S/C11H7BrF2N2OS/c12-5-3-7(14)9(4-6(5)13)16-11(17)10-8(15)1-2-18-10/h1-4H,15H2,(H,16,17). The Balaban J connectivity index is 2.28. The molecule has 0 atom stereocenters. The molecule has 2 rings (SSSR count). The van der Waals surface area contributed by atoms with Crippen LogP contribution in [0.2, 0.25) is 0 Å². The molecule has 3 nitrogen and oxygen atoms in total. The molecular formula is C11H7BrF2N2OS. The van der Waals surface area contributed by atoms with Gasteiger partial charge in [0.05, 0.1) is 15.8 Å². The molecule has 1 aromatic carbocycles. The van der Waals surface area contributed by atoms with Gasteiger partial charge in [0.2, 0.25) is 0 Å². The highest BCUT2D eigenvalue weighted by molar-refractivity contribution is 9.10. The third kappa shape index (κ3) is 2.51. The van der Waals surface area contributed by atoms with Crippen LogP contribution in [0, 0.1) is 11.6 Å². The Hall–Kier alpha value is -1.47. The van der Waals surface area contributed by atoms with Crippen LogP contribution in [-0.2, 0) is 0 Å². The van der Waals surface area contributed by atoms with E-state index < -0.39 is 17.5 Å². The molecular weight excluding hydrogens is 326 g/mol. The molecule has 0 radical (unpaired) electrons. The zero-order valence-corrected chi connectivity index (χ0v) is 11.2. The number of halogens is 3. The summed E-state index contributed by atoms with van der Waals surface area (Å²) in [5.41, 5.74) is 5.63. The predicted molar refractivity (Wildman–Crippen MR) is 70.7 cm³/mol. The third-order valence-corrected chi connectivity index (χ3v) is 3.70. The van der Waals surface area contributed by atoms with E-state index in [-0.39, 0.29) is 15.0 Å². The summed E-state index contributed by atoms with van der Waals surface area (Å²) in [6.07, 6.45) is 0. The highest BCUT2D eigenvalue weighted by Crippen LogP contribution is 2.25. The molecule has 1 aromatic heterocycles. The minimum absolute atomic E-state index is 0.00589. The van der Waals surface area contributed by atoms with Crippen molar-refractivity contribution in [3.8, 4) is 0 Å². The summed E-state index contributed by atoms with van der Waals surface area (Å²) < 4.78 is 26.7. The van der Waals surface area contributed by atoms with Crippen LogP contribution in [-0.4, -0.2) is 5.91 Å². The molecule has 3 N–H and O–H groups in total. The summed E-state index contributed by atoms with van der Waals surface area (Å²) in [4.78, 5) is 12.0. The van der Waals surface area contributed by atoms with Gasteiger partial charge in [0.25, 0.3) is 5.91 Å². The van der Waals surface area contributed by atoms with Gasteiger partial charge in [-0.25, -0.2) is 8.78 Å². The normalized spacial score (nSPS) is 10.4. The van der Waals surface area contributed by atoms with Gasteiger partial charge < -0.3 is 11.1 Å². The lowest BCUT2D eigenvalue weighted by atomic mass is 10.3. The maximum Gasteiger partial charge on any atom is 0.267 e.